The minimum atomic E-state index is -3.92. The van der Waals surface area contributed by atoms with Gasteiger partial charge in [-0.05, 0) is 18.6 Å². The summed E-state index contributed by atoms with van der Waals surface area (Å²) in [7, 11) is -2.57. The zero-order chi connectivity index (χ0) is 13.8. The SMILES string of the molecule is CCC(NS(=O)(=O)c1ccccc1OC)C(=O)O. The summed E-state index contributed by atoms with van der Waals surface area (Å²) < 4.78 is 31.1. The molecule has 0 aromatic heterocycles. The summed E-state index contributed by atoms with van der Waals surface area (Å²) in [4.78, 5) is 10.8. The summed E-state index contributed by atoms with van der Waals surface area (Å²) in [5.74, 6) is -1.04. The monoisotopic (exact) mass is 273 g/mol. The van der Waals surface area contributed by atoms with E-state index in [9.17, 15) is 13.2 Å². The summed E-state index contributed by atoms with van der Waals surface area (Å²) in [5.41, 5.74) is 0. The highest BCUT2D eigenvalue weighted by molar-refractivity contribution is 7.89. The lowest BCUT2D eigenvalue weighted by atomic mass is 10.2. The van der Waals surface area contributed by atoms with Crippen molar-refractivity contribution < 1.29 is 23.1 Å². The molecule has 0 radical (unpaired) electrons. The molecule has 1 aromatic carbocycles. The van der Waals surface area contributed by atoms with Crippen molar-refractivity contribution in [2.45, 2.75) is 24.3 Å². The summed E-state index contributed by atoms with van der Waals surface area (Å²) in [5, 5.41) is 8.85. The second-order valence-corrected chi connectivity index (χ2v) is 5.25. The molecule has 0 saturated carbocycles. The predicted molar refractivity (Wildman–Crippen MR) is 65.0 cm³/mol. The molecule has 18 heavy (non-hydrogen) atoms. The van der Waals surface area contributed by atoms with Crippen LogP contribution < -0.4 is 9.46 Å². The van der Waals surface area contributed by atoms with E-state index in [1.54, 1.807) is 19.1 Å². The van der Waals surface area contributed by atoms with Crippen LogP contribution in [0.2, 0.25) is 0 Å². The van der Waals surface area contributed by atoms with Crippen molar-refractivity contribution in [3.63, 3.8) is 0 Å². The van der Waals surface area contributed by atoms with Crippen molar-refractivity contribution in [3.8, 4) is 5.75 Å². The normalized spacial score (nSPS) is 13.0. The van der Waals surface area contributed by atoms with Crippen LogP contribution >= 0.6 is 0 Å². The maximum absolute atomic E-state index is 12.0. The fourth-order valence-electron chi connectivity index (χ4n) is 1.40. The van der Waals surface area contributed by atoms with Crippen LogP contribution in [-0.2, 0) is 14.8 Å². The number of hydrogen-bond acceptors (Lipinski definition) is 4. The summed E-state index contributed by atoms with van der Waals surface area (Å²) in [6, 6.07) is 4.87. The van der Waals surface area contributed by atoms with E-state index in [1.165, 1.54) is 19.2 Å². The third-order valence-corrected chi connectivity index (χ3v) is 3.87. The quantitative estimate of drug-likeness (QED) is 0.801. The summed E-state index contributed by atoms with van der Waals surface area (Å²) >= 11 is 0. The van der Waals surface area contributed by atoms with Gasteiger partial charge in [0, 0.05) is 0 Å². The molecule has 1 rings (SSSR count). The standard InChI is InChI=1S/C11H15NO5S/c1-3-8(11(13)14)12-18(15,16)10-7-5-4-6-9(10)17-2/h4-8,12H,3H2,1-2H3,(H,13,14). The van der Waals surface area contributed by atoms with Crippen LogP contribution in [0.5, 0.6) is 5.75 Å². The third kappa shape index (κ3) is 3.21. The Bertz CT molecular complexity index is 526. The molecule has 0 saturated heterocycles. The Morgan fingerprint density at radius 3 is 2.56 bits per heavy atom. The first-order valence-electron chi connectivity index (χ1n) is 5.30. The first kappa shape index (κ1) is 14.5. The van der Waals surface area contributed by atoms with E-state index < -0.39 is 22.0 Å². The molecule has 0 heterocycles. The van der Waals surface area contributed by atoms with Gasteiger partial charge in [0.2, 0.25) is 10.0 Å². The van der Waals surface area contributed by atoms with Gasteiger partial charge in [-0.2, -0.15) is 4.72 Å². The smallest absolute Gasteiger partial charge is 0.321 e. The van der Waals surface area contributed by atoms with Crippen molar-refractivity contribution in [1.82, 2.24) is 4.72 Å². The lowest BCUT2D eigenvalue weighted by molar-refractivity contribution is -0.139. The van der Waals surface area contributed by atoms with Crippen molar-refractivity contribution in [3.05, 3.63) is 24.3 Å². The van der Waals surface area contributed by atoms with E-state index in [2.05, 4.69) is 4.72 Å². The number of sulfonamides is 1. The molecule has 100 valence electrons. The topological polar surface area (TPSA) is 92.7 Å². The van der Waals surface area contributed by atoms with Gasteiger partial charge in [-0.1, -0.05) is 19.1 Å². The van der Waals surface area contributed by atoms with Gasteiger partial charge in [0.1, 0.15) is 16.7 Å². The van der Waals surface area contributed by atoms with Gasteiger partial charge < -0.3 is 9.84 Å². The van der Waals surface area contributed by atoms with Gasteiger partial charge >= 0.3 is 5.97 Å². The largest absolute Gasteiger partial charge is 0.495 e. The molecule has 1 atom stereocenters. The van der Waals surface area contributed by atoms with Gasteiger partial charge in [0.25, 0.3) is 0 Å². The molecule has 0 fully saturated rings. The Balaban J connectivity index is 3.10. The molecule has 2 N–H and O–H groups in total. The van der Waals surface area contributed by atoms with Crippen LogP contribution in [0.25, 0.3) is 0 Å². The van der Waals surface area contributed by atoms with E-state index in [4.69, 9.17) is 9.84 Å². The number of carboxylic acid groups (broad SMARTS) is 1. The number of carbonyl (C=O) groups is 1. The zero-order valence-corrected chi connectivity index (χ0v) is 10.9. The van der Waals surface area contributed by atoms with Gasteiger partial charge in [-0.15, -0.1) is 0 Å². The molecule has 0 amide bonds. The highest BCUT2D eigenvalue weighted by Crippen LogP contribution is 2.22. The second kappa shape index (κ2) is 5.83. The Morgan fingerprint density at radius 1 is 1.44 bits per heavy atom. The van der Waals surface area contributed by atoms with Crippen molar-refractivity contribution >= 4 is 16.0 Å². The molecule has 0 aliphatic rings. The van der Waals surface area contributed by atoms with Crippen LogP contribution in [0.15, 0.2) is 29.2 Å². The zero-order valence-electron chi connectivity index (χ0n) is 10.1. The van der Waals surface area contributed by atoms with E-state index >= 15 is 0 Å². The van der Waals surface area contributed by atoms with Crippen LogP contribution in [0, 0.1) is 0 Å². The third-order valence-electron chi connectivity index (χ3n) is 2.36. The van der Waals surface area contributed by atoms with Crippen LogP contribution in [-0.4, -0.2) is 32.6 Å². The Kier molecular flexibility index (Phi) is 4.69. The number of methoxy groups -OCH3 is 1. The fourth-order valence-corrected chi connectivity index (χ4v) is 2.84. The maximum atomic E-state index is 12.0. The van der Waals surface area contributed by atoms with Gasteiger partial charge in [0.05, 0.1) is 7.11 Å². The fraction of sp³-hybridized carbons (Fsp3) is 0.364. The molecule has 6 nitrogen and oxygen atoms in total. The number of nitrogens with one attached hydrogen (secondary N) is 1. The number of rotatable bonds is 6. The average molecular weight is 273 g/mol. The highest BCUT2D eigenvalue weighted by atomic mass is 32.2. The highest BCUT2D eigenvalue weighted by Gasteiger charge is 2.25. The lowest BCUT2D eigenvalue weighted by Gasteiger charge is -2.14. The molecule has 1 aromatic rings. The molecule has 0 aliphatic carbocycles. The number of ether oxygens (including phenoxy) is 1. The Morgan fingerprint density at radius 2 is 2.06 bits per heavy atom. The van der Waals surface area contributed by atoms with E-state index in [1.807, 2.05) is 0 Å². The van der Waals surface area contributed by atoms with Gasteiger partial charge in [0.15, 0.2) is 0 Å². The van der Waals surface area contributed by atoms with Gasteiger partial charge in [-0.3, -0.25) is 4.79 Å². The van der Waals surface area contributed by atoms with Crippen LogP contribution in [0.3, 0.4) is 0 Å². The molecule has 0 aliphatic heterocycles. The molecular weight excluding hydrogens is 258 g/mol. The van der Waals surface area contributed by atoms with Crippen molar-refractivity contribution in [2.75, 3.05) is 7.11 Å². The molecule has 0 bridgehead atoms. The number of para-hydroxylation sites is 1. The summed E-state index contributed by atoms with van der Waals surface area (Å²) in [6.07, 6.45) is 0.156. The van der Waals surface area contributed by atoms with Crippen molar-refractivity contribution in [2.24, 2.45) is 0 Å². The van der Waals surface area contributed by atoms with Crippen molar-refractivity contribution in [1.29, 1.82) is 0 Å². The van der Waals surface area contributed by atoms with Crippen LogP contribution in [0.4, 0.5) is 0 Å². The molecule has 7 heteroatoms. The lowest BCUT2D eigenvalue weighted by Crippen LogP contribution is -2.40. The molecular formula is C11H15NO5S. The number of benzene rings is 1. The molecule has 0 spiro atoms. The predicted octanol–water partition coefficient (Wildman–Crippen LogP) is 0.837. The van der Waals surface area contributed by atoms with Gasteiger partial charge in [-0.25, -0.2) is 8.42 Å². The number of aliphatic carboxylic acids is 1. The Labute approximate surface area is 106 Å². The first-order chi connectivity index (χ1) is 8.42. The maximum Gasteiger partial charge on any atom is 0.321 e. The molecule has 1 unspecified atom stereocenters. The first-order valence-corrected chi connectivity index (χ1v) is 6.78. The summed E-state index contributed by atoms with van der Waals surface area (Å²) in [6.45, 7) is 1.59. The number of carboxylic acids is 1. The van der Waals surface area contributed by atoms with E-state index in [0.29, 0.717) is 0 Å². The Hall–Kier alpha value is -1.60. The van der Waals surface area contributed by atoms with Crippen LogP contribution in [0.1, 0.15) is 13.3 Å². The minimum Gasteiger partial charge on any atom is -0.495 e. The second-order valence-electron chi connectivity index (χ2n) is 3.57. The number of hydrogen-bond donors (Lipinski definition) is 2. The van der Waals surface area contributed by atoms with E-state index in [-0.39, 0.29) is 17.1 Å². The van der Waals surface area contributed by atoms with E-state index in [0.717, 1.165) is 0 Å². The average Bonchev–Trinajstić information content (AvgIpc) is 2.35. The minimum absolute atomic E-state index is 0.0767.